The molecule has 0 aliphatic carbocycles. The Morgan fingerprint density at radius 2 is 1.53 bits per heavy atom. The van der Waals surface area contributed by atoms with Crippen molar-refractivity contribution in [3.63, 3.8) is 0 Å². The van der Waals surface area contributed by atoms with Crippen LogP contribution in [0, 0.1) is 0 Å². The maximum atomic E-state index is 11.0. The molecule has 0 radical (unpaired) electrons. The Labute approximate surface area is 193 Å². The summed E-state index contributed by atoms with van der Waals surface area (Å²) in [6.07, 6.45) is 1.61. The van der Waals surface area contributed by atoms with Gasteiger partial charge in [-0.2, -0.15) is 0 Å². The largest absolute Gasteiger partial charge is 0.404 e. The third-order valence-corrected chi connectivity index (χ3v) is 11.2. The van der Waals surface area contributed by atoms with Gasteiger partial charge in [0.25, 0.3) is 8.32 Å². The molecule has 2 aromatic carbocycles. The van der Waals surface area contributed by atoms with E-state index < -0.39 is 31.9 Å². The van der Waals surface area contributed by atoms with Gasteiger partial charge in [0, 0.05) is 0 Å². The highest BCUT2D eigenvalue weighted by Gasteiger charge is 2.59. The van der Waals surface area contributed by atoms with Crippen molar-refractivity contribution in [1.82, 2.24) is 0 Å². The molecule has 0 bridgehead atoms. The van der Waals surface area contributed by atoms with Crippen LogP contribution in [0.1, 0.15) is 34.6 Å². The van der Waals surface area contributed by atoms with Crippen LogP contribution in [0.3, 0.4) is 0 Å². The molecule has 1 aliphatic rings. The summed E-state index contributed by atoms with van der Waals surface area (Å²) in [6, 6.07) is 20.8. The van der Waals surface area contributed by atoms with Gasteiger partial charge < -0.3 is 19.0 Å². The second kappa shape index (κ2) is 9.08. The fourth-order valence-corrected chi connectivity index (χ4v) is 9.40. The Morgan fingerprint density at radius 1 is 1.03 bits per heavy atom. The summed E-state index contributed by atoms with van der Waals surface area (Å²) >= 11 is 0. The Balaban J connectivity index is 2.17. The summed E-state index contributed by atoms with van der Waals surface area (Å²) in [5.41, 5.74) is -1.15. The highest BCUT2D eigenvalue weighted by Crippen LogP contribution is 2.43. The first-order valence-corrected chi connectivity index (χ1v) is 13.0. The summed E-state index contributed by atoms with van der Waals surface area (Å²) in [6.45, 7) is 18.2. The molecule has 0 spiro atoms. The standard InChI is InChI=1S/C27H36O4Si/c1-8-23(28)27(24(9-2)30-26(6,7)31-27)20-29-32(25(3,4)5,21-16-12-10-13-17-21)22-18-14-11-15-19-22/h8-19,23-24,28H,1-2,20H2,3-7H3/t23?,24-,27+/m0/s1. The molecule has 1 unspecified atom stereocenters. The molecule has 1 saturated heterocycles. The van der Waals surface area contributed by atoms with Crippen LogP contribution in [-0.4, -0.2) is 43.6 Å². The van der Waals surface area contributed by atoms with Gasteiger partial charge in [0.05, 0.1) is 6.61 Å². The van der Waals surface area contributed by atoms with Crippen LogP contribution in [-0.2, 0) is 13.9 Å². The number of rotatable bonds is 8. The second-order valence-electron chi connectivity index (χ2n) is 9.86. The van der Waals surface area contributed by atoms with Crippen molar-refractivity contribution >= 4 is 18.7 Å². The van der Waals surface area contributed by atoms with Crippen LogP contribution in [0.15, 0.2) is 86.0 Å². The third-order valence-electron chi connectivity index (χ3n) is 6.20. The van der Waals surface area contributed by atoms with Gasteiger partial charge in [0.15, 0.2) is 11.4 Å². The quantitative estimate of drug-likeness (QED) is 0.482. The molecule has 4 nitrogen and oxygen atoms in total. The zero-order valence-electron chi connectivity index (χ0n) is 19.9. The summed E-state index contributed by atoms with van der Waals surface area (Å²) in [4.78, 5) is 0. The Hall–Kier alpha value is -2.02. The molecule has 1 aliphatic heterocycles. The van der Waals surface area contributed by atoms with Gasteiger partial charge in [-0.3, -0.25) is 0 Å². The van der Waals surface area contributed by atoms with Gasteiger partial charge in [-0.1, -0.05) is 93.6 Å². The molecule has 0 amide bonds. The van der Waals surface area contributed by atoms with E-state index in [1.54, 1.807) is 6.08 Å². The molecule has 3 atom stereocenters. The molecular weight excluding hydrogens is 416 g/mol. The molecule has 0 saturated carbocycles. The maximum absolute atomic E-state index is 11.0. The Morgan fingerprint density at radius 3 is 1.94 bits per heavy atom. The van der Waals surface area contributed by atoms with Crippen LogP contribution >= 0.6 is 0 Å². The minimum absolute atomic E-state index is 0.133. The number of benzene rings is 2. The van der Waals surface area contributed by atoms with Crippen LogP contribution in [0.25, 0.3) is 0 Å². The van der Waals surface area contributed by atoms with E-state index in [1.165, 1.54) is 6.08 Å². The van der Waals surface area contributed by atoms with E-state index in [-0.39, 0.29) is 11.6 Å². The lowest BCUT2D eigenvalue weighted by Gasteiger charge is -2.46. The van der Waals surface area contributed by atoms with Crippen molar-refractivity contribution < 1.29 is 19.0 Å². The highest BCUT2D eigenvalue weighted by molar-refractivity contribution is 6.99. The van der Waals surface area contributed by atoms with E-state index >= 15 is 0 Å². The number of aliphatic hydroxyl groups excluding tert-OH is 1. The molecule has 5 heteroatoms. The van der Waals surface area contributed by atoms with Crippen LogP contribution in [0.4, 0.5) is 0 Å². The monoisotopic (exact) mass is 452 g/mol. The lowest BCUT2D eigenvalue weighted by molar-refractivity contribution is -0.186. The Kier molecular flexibility index (Phi) is 6.99. The molecule has 32 heavy (non-hydrogen) atoms. The first-order chi connectivity index (χ1) is 15.0. The number of aliphatic hydroxyl groups is 1. The number of ether oxygens (including phenoxy) is 2. The summed E-state index contributed by atoms with van der Waals surface area (Å²) in [7, 11) is -2.83. The van der Waals surface area contributed by atoms with Crippen molar-refractivity contribution in [3.05, 3.63) is 86.0 Å². The topological polar surface area (TPSA) is 47.9 Å². The van der Waals surface area contributed by atoms with Crippen molar-refractivity contribution in [1.29, 1.82) is 0 Å². The van der Waals surface area contributed by atoms with Gasteiger partial charge in [-0.15, -0.1) is 13.2 Å². The first kappa shape index (κ1) is 24.6. The molecular formula is C27H36O4Si. The van der Waals surface area contributed by atoms with Crippen molar-refractivity contribution in [2.45, 2.75) is 63.3 Å². The first-order valence-electron chi connectivity index (χ1n) is 11.1. The normalized spacial score (nSPS) is 24.1. The van der Waals surface area contributed by atoms with Gasteiger partial charge in [-0.05, 0) is 29.3 Å². The van der Waals surface area contributed by atoms with Gasteiger partial charge >= 0.3 is 0 Å². The van der Waals surface area contributed by atoms with E-state index in [0.717, 1.165) is 10.4 Å². The van der Waals surface area contributed by atoms with E-state index in [0.29, 0.717) is 0 Å². The van der Waals surface area contributed by atoms with E-state index in [2.05, 4.69) is 58.2 Å². The maximum Gasteiger partial charge on any atom is 0.261 e. The zero-order chi connectivity index (χ0) is 23.6. The highest BCUT2D eigenvalue weighted by atomic mass is 28.4. The Bertz CT molecular complexity index is 880. The number of hydrogen-bond donors (Lipinski definition) is 1. The summed E-state index contributed by atoms with van der Waals surface area (Å²) < 4.78 is 19.5. The lowest BCUT2D eigenvalue weighted by atomic mass is 9.91. The summed E-state index contributed by atoms with van der Waals surface area (Å²) in [5, 5.41) is 13.2. The lowest BCUT2D eigenvalue weighted by Crippen LogP contribution is -2.68. The molecule has 172 valence electrons. The van der Waals surface area contributed by atoms with E-state index in [1.807, 2.05) is 50.2 Å². The molecule has 3 rings (SSSR count). The van der Waals surface area contributed by atoms with Crippen molar-refractivity contribution in [2.24, 2.45) is 0 Å². The molecule has 1 heterocycles. The van der Waals surface area contributed by atoms with Crippen LogP contribution < -0.4 is 10.4 Å². The molecule has 1 N–H and O–H groups in total. The van der Waals surface area contributed by atoms with Gasteiger partial charge in [-0.25, -0.2) is 0 Å². The zero-order valence-corrected chi connectivity index (χ0v) is 20.9. The smallest absolute Gasteiger partial charge is 0.261 e. The average molecular weight is 453 g/mol. The fourth-order valence-electron chi connectivity index (χ4n) is 4.80. The minimum Gasteiger partial charge on any atom is -0.404 e. The van der Waals surface area contributed by atoms with Crippen molar-refractivity contribution in [2.75, 3.05) is 6.61 Å². The van der Waals surface area contributed by atoms with Crippen LogP contribution in [0.5, 0.6) is 0 Å². The number of hydrogen-bond acceptors (Lipinski definition) is 4. The average Bonchev–Trinajstić information content (AvgIpc) is 3.05. The molecule has 0 aromatic heterocycles. The van der Waals surface area contributed by atoms with E-state index in [4.69, 9.17) is 13.9 Å². The van der Waals surface area contributed by atoms with Gasteiger partial charge in [0.1, 0.15) is 12.2 Å². The third kappa shape index (κ3) is 4.28. The molecule has 1 fully saturated rings. The predicted octanol–water partition coefficient (Wildman–Crippen LogP) is 4.19. The minimum atomic E-state index is -2.83. The fraction of sp³-hybridized carbons (Fsp3) is 0.407. The van der Waals surface area contributed by atoms with Crippen LogP contribution in [0.2, 0.25) is 5.04 Å². The van der Waals surface area contributed by atoms with Gasteiger partial charge in [0.2, 0.25) is 0 Å². The van der Waals surface area contributed by atoms with E-state index in [9.17, 15) is 5.11 Å². The molecule has 2 aromatic rings. The summed E-state index contributed by atoms with van der Waals surface area (Å²) in [5.74, 6) is -0.891. The SMILES string of the molecule is C=CC(O)[C@@]1(CO[Si](c2ccccc2)(c2ccccc2)C(C)(C)C)OC(C)(C)O[C@H]1C=C. The van der Waals surface area contributed by atoms with Crippen molar-refractivity contribution in [3.8, 4) is 0 Å². The second-order valence-corrected chi connectivity index (χ2v) is 14.2. The predicted molar refractivity (Wildman–Crippen MR) is 133 cm³/mol.